The van der Waals surface area contributed by atoms with Crippen LogP contribution in [0.4, 0.5) is 0 Å². The average molecular weight is 142 g/mol. The third-order valence-electron chi connectivity index (χ3n) is 2.74. The normalized spacial score (nSPS) is 41.1. The molecule has 0 saturated carbocycles. The lowest BCUT2D eigenvalue weighted by Crippen LogP contribution is -2.30. The highest BCUT2D eigenvalue weighted by Gasteiger charge is 2.36. The summed E-state index contributed by atoms with van der Waals surface area (Å²) < 4.78 is 5.81. The maximum absolute atomic E-state index is 5.81. The Kier molecular flexibility index (Phi) is 2.04. The first-order chi connectivity index (χ1) is 4.54. The van der Waals surface area contributed by atoms with Crippen molar-refractivity contribution in [3.63, 3.8) is 0 Å². The van der Waals surface area contributed by atoms with Crippen LogP contribution in [0.15, 0.2) is 0 Å². The van der Waals surface area contributed by atoms with Crippen molar-refractivity contribution in [3.05, 3.63) is 0 Å². The molecular formula is C9H18O. The first-order valence-electron chi connectivity index (χ1n) is 4.22. The van der Waals surface area contributed by atoms with Crippen molar-refractivity contribution < 1.29 is 4.74 Å². The third-order valence-corrected chi connectivity index (χ3v) is 2.74. The summed E-state index contributed by atoms with van der Waals surface area (Å²) in [5.41, 5.74) is 0.166. The lowest BCUT2D eigenvalue weighted by molar-refractivity contribution is -0.0514. The van der Waals surface area contributed by atoms with Gasteiger partial charge < -0.3 is 4.74 Å². The largest absolute Gasteiger partial charge is 0.372 e. The van der Waals surface area contributed by atoms with Crippen molar-refractivity contribution >= 4 is 0 Å². The van der Waals surface area contributed by atoms with Crippen molar-refractivity contribution in [2.45, 2.75) is 52.2 Å². The smallest absolute Gasteiger partial charge is 0.0681 e. The van der Waals surface area contributed by atoms with Gasteiger partial charge in [-0.15, -0.1) is 0 Å². The molecular weight excluding hydrogens is 124 g/mol. The summed E-state index contributed by atoms with van der Waals surface area (Å²) in [6, 6.07) is 0. The van der Waals surface area contributed by atoms with Crippen molar-refractivity contribution in [2.24, 2.45) is 5.92 Å². The Bertz CT molecular complexity index is 120. The third kappa shape index (κ3) is 1.34. The molecule has 1 fully saturated rings. The van der Waals surface area contributed by atoms with Crippen LogP contribution < -0.4 is 0 Å². The molecule has 1 aliphatic rings. The zero-order valence-corrected chi connectivity index (χ0v) is 7.48. The maximum atomic E-state index is 5.81. The second kappa shape index (κ2) is 2.54. The van der Waals surface area contributed by atoms with E-state index in [9.17, 15) is 0 Å². The van der Waals surface area contributed by atoms with E-state index < -0.39 is 0 Å². The lowest BCUT2D eigenvalue weighted by atomic mass is 9.90. The first-order valence-corrected chi connectivity index (χ1v) is 4.22. The van der Waals surface area contributed by atoms with Crippen molar-refractivity contribution in [2.75, 3.05) is 0 Å². The predicted molar refractivity (Wildman–Crippen MR) is 43.0 cm³/mol. The Balaban J connectivity index is 2.54. The van der Waals surface area contributed by atoms with Crippen LogP contribution in [0.2, 0.25) is 0 Å². The maximum Gasteiger partial charge on any atom is 0.0681 e. The minimum atomic E-state index is 0.166. The molecule has 1 saturated heterocycles. The van der Waals surface area contributed by atoms with Crippen LogP contribution in [0.25, 0.3) is 0 Å². The molecule has 0 N–H and O–H groups in total. The average Bonchev–Trinajstić information content (AvgIpc) is 2.13. The highest BCUT2D eigenvalue weighted by Crippen LogP contribution is 2.35. The van der Waals surface area contributed by atoms with Gasteiger partial charge >= 0.3 is 0 Å². The zero-order chi connectivity index (χ0) is 7.78. The molecule has 0 radical (unpaired) electrons. The minimum Gasteiger partial charge on any atom is -0.372 e. The summed E-state index contributed by atoms with van der Waals surface area (Å²) in [6.07, 6.45) is 2.94. The predicted octanol–water partition coefficient (Wildman–Crippen LogP) is 2.60. The van der Waals surface area contributed by atoms with E-state index >= 15 is 0 Å². The van der Waals surface area contributed by atoms with E-state index in [4.69, 9.17) is 4.74 Å². The fraction of sp³-hybridized carbons (Fsp3) is 1.00. The van der Waals surface area contributed by atoms with Crippen LogP contribution in [-0.2, 0) is 4.74 Å². The van der Waals surface area contributed by atoms with Crippen LogP contribution in [-0.4, -0.2) is 11.7 Å². The Morgan fingerprint density at radius 3 is 2.30 bits per heavy atom. The fourth-order valence-corrected chi connectivity index (χ4v) is 1.49. The summed E-state index contributed by atoms with van der Waals surface area (Å²) in [4.78, 5) is 0. The summed E-state index contributed by atoms with van der Waals surface area (Å²) >= 11 is 0. The van der Waals surface area contributed by atoms with Gasteiger partial charge in [-0.3, -0.25) is 0 Å². The second-order valence-electron chi connectivity index (χ2n) is 3.93. The molecule has 60 valence electrons. The van der Waals surface area contributed by atoms with Gasteiger partial charge in [0.2, 0.25) is 0 Å². The molecule has 1 heteroatoms. The van der Waals surface area contributed by atoms with Gasteiger partial charge in [-0.2, -0.15) is 0 Å². The molecule has 0 amide bonds. The first kappa shape index (κ1) is 8.06. The molecule has 10 heavy (non-hydrogen) atoms. The quantitative estimate of drug-likeness (QED) is 0.547. The van der Waals surface area contributed by atoms with E-state index in [0.717, 1.165) is 0 Å². The van der Waals surface area contributed by atoms with Crippen LogP contribution in [0.3, 0.4) is 0 Å². The molecule has 0 aromatic carbocycles. The number of rotatable bonds is 1. The summed E-state index contributed by atoms with van der Waals surface area (Å²) in [7, 11) is 0. The van der Waals surface area contributed by atoms with Crippen LogP contribution in [0.1, 0.15) is 40.5 Å². The van der Waals surface area contributed by atoms with Gasteiger partial charge in [0.1, 0.15) is 0 Å². The molecule has 0 aliphatic carbocycles. The van der Waals surface area contributed by atoms with Gasteiger partial charge in [0.05, 0.1) is 11.7 Å². The van der Waals surface area contributed by atoms with Gasteiger partial charge in [0.25, 0.3) is 0 Å². The van der Waals surface area contributed by atoms with E-state index in [1.807, 2.05) is 0 Å². The van der Waals surface area contributed by atoms with Gasteiger partial charge in [0, 0.05) is 0 Å². The van der Waals surface area contributed by atoms with E-state index in [-0.39, 0.29) is 5.60 Å². The topological polar surface area (TPSA) is 9.23 Å². The Morgan fingerprint density at radius 1 is 1.50 bits per heavy atom. The molecule has 0 aromatic rings. The van der Waals surface area contributed by atoms with Crippen LogP contribution in [0.5, 0.6) is 0 Å². The SMILES string of the molecule is CC1CCC(C)(C(C)C)O1. The van der Waals surface area contributed by atoms with Crippen LogP contribution >= 0.6 is 0 Å². The van der Waals surface area contributed by atoms with Gasteiger partial charge in [-0.25, -0.2) is 0 Å². The highest BCUT2D eigenvalue weighted by atomic mass is 16.5. The molecule has 1 heterocycles. The Morgan fingerprint density at radius 2 is 2.10 bits per heavy atom. The van der Waals surface area contributed by atoms with E-state index in [1.54, 1.807) is 0 Å². The second-order valence-corrected chi connectivity index (χ2v) is 3.93. The van der Waals surface area contributed by atoms with Crippen LogP contribution in [0, 0.1) is 5.92 Å². The van der Waals surface area contributed by atoms with Gasteiger partial charge in [0.15, 0.2) is 0 Å². The highest BCUT2D eigenvalue weighted by molar-refractivity contribution is 4.85. The lowest BCUT2D eigenvalue weighted by Gasteiger charge is -2.28. The van der Waals surface area contributed by atoms with E-state index in [0.29, 0.717) is 12.0 Å². The molecule has 2 atom stereocenters. The van der Waals surface area contributed by atoms with E-state index in [1.165, 1.54) is 12.8 Å². The van der Waals surface area contributed by atoms with Crippen molar-refractivity contribution in [3.8, 4) is 0 Å². The van der Waals surface area contributed by atoms with Gasteiger partial charge in [-0.05, 0) is 32.6 Å². The van der Waals surface area contributed by atoms with E-state index in [2.05, 4.69) is 27.7 Å². The Hall–Kier alpha value is -0.0400. The fourth-order valence-electron chi connectivity index (χ4n) is 1.49. The monoisotopic (exact) mass is 142 g/mol. The van der Waals surface area contributed by atoms with Gasteiger partial charge in [-0.1, -0.05) is 13.8 Å². The van der Waals surface area contributed by atoms with Crippen molar-refractivity contribution in [1.82, 2.24) is 0 Å². The molecule has 1 aliphatic heterocycles. The zero-order valence-electron chi connectivity index (χ0n) is 7.48. The summed E-state index contributed by atoms with van der Waals surface area (Å²) in [5, 5.41) is 0. The number of ether oxygens (including phenoxy) is 1. The standard InChI is InChI=1S/C9H18O/c1-7(2)9(4)6-5-8(3)10-9/h7-8H,5-6H2,1-4H3. The Labute approximate surface area is 63.8 Å². The summed E-state index contributed by atoms with van der Waals surface area (Å²) in [5.74, 6) is 0.650. The number of hydrogen-bond acceptors (Lipinski definition) is 1. The molecule has 2 unspecified atom stereocenters. The molecule has 0 aromatic heterocycles. The molecule has 0 bridgehead atoms. The van der Waals surface area contributed by atoms with Crippen molar-refractivity contribution in [1.29, 1.82) is 0 Å². The molecule has 1 nitrogen and oxygen atoms in total. The minimum absolute atomic E-state index is 0.166. The number of hydrogen-bond donors (Lipinski definition) is 0. The summed E-state index contributed by atoms with van der Waals surface area (Å²) in [6.45, 7) is 8.85. The molecule has 0 spiro atoms. The molecule has 1 rings (SSSR count).